The van der Waals surface area contributed by atoms with Crippen molar-refractivity contribution in [2.75, 3.05) is 13.7 Å². The summed E-state index contributed by atoms with van der Waals surface area (Å²) in [6.45, 7) is 1.84. The van der Waals surface area contributed by atoms with Crippen molar-refractivity contribution >= 4 is 23.1 Å². The maximum Gasteiger partial charge on any atom is 0.138 e. The SMILES string of the molecule is COc1ccc(C2CCCCCN2Cc2nnsc2Cl)cc1. The second-order valence-corrected chi connectivity index (χ2v) is 6.96. The molecule has 1 saturated heterocycles. The van der Waals surface area contributed by atoms with E-state index in [1.54, 1.807) is 7.11 Å². The van der Waals surface area contributed by atoms with Gasteiger partial charge in [0.15, 0.2) is 0 Å². The largest absolute Gasteiger partial charge is 0.497 e. The molecular formula is C16H20ClN3OS. The van der Waals surface area contributed by atoms with Crippen LogP contribution in [0.1, 0.15) is 43.0 Å². The Morgan fingerprint density at radius 1 is 1.27 bits per heavy atom. The molecule has 6 heteroatoms. The monoisotopic (exact) mass is 337 g/mol. The first kappa shape index (κ1) is 15.7. The number of hydrogen-bond acceptors (Lipinski definition) is 5. The van der Waals surface area contributed by atoms with Crippen LogP contribution in [0.15, 0.2) is 24.3 Å². The lowest BCUT2D eigenvalue weighted by atomic mass is 10.0. The molecule has 4 nitrogen and oxygen atoms in total. The number of ether oxygens (including phenoxy) is 1. The zero-order valence-electron chi connectivity index (χ0n) is 12.7. The summed E-state index contributed by atoms with van der Waals surface area (Å²) in [7, 11) is 1.70. The predicted molar refractivity (Wildman–Crippen MR) is 89.5 cm³/mol. The van der Waals surface area contributed by atoms with Crippen molar-refractivity contribution in [3.05, 3.63) is 39.9 Å². The van der Waals surface area contributed by atoms with Crippen molar-refractivity contribution in [3.8, 4) is 5.75 Å². The molecule has 0 aliphatic carbocycles. The Morgan fingerprint density at radius 3 is 2.77 bits per heavy atom. The molecule has 2 aromatic rings. The minimum atomic E-state index is 0.408. The van der Waals surface area contributed by atoms with Crippen molar-refractivity contribution < 1.29 is 4.74 Å². The summed E-state index contributed by atoms with van der Waals surface area (Å²) in [4.78, 5) is 2.48. The van der Waals surface area contributed by atoms with E-state index < -0.39 is 0 Å². The zero-order chi connectivity index (χ0) is 15.4. The molecule has 1 aliphatic heterocycles. The molecule has 22 heavy (non-hydrogen) atoms. The maximum atomic E-state index is 6.18. The van der Waals surface area contributed by atoms with Crippen LogP contribution in [0.4, 0.5) is 0 Å². The molecule has 0 spiro atoms. The fourth-order valence-corrected chi connectivity index (χ4v) is 3.66. The van der Waals surface area contributed by atoms with Gasteiger partial charge >= 0.3 is 0 Å². The molecule has 1 fully saturated rings. The highest BCUT2D eigenvalue weighted by molar-refractivity contribution is 7.10. The minimum absolute atomic E-state index is 0.408. The highest BCUT2D eigenvalue weighted by Gasteiger charge is 2.24. The quantitative estimate of drug-likeness (QED) is 0.833. The number of nitrogens with zero attached hydrogens (tertiary/aromatic N) is 3. The van der Waals surface area contributed by atoms with E-state index in [0.717, 1.165) is 24.5 Å². The van der Waals surface area contributed by atoms with Crippen molar-refractivity contribution in [3.63, 3.8) is 0 Å². The molecule has 0 N–H and O–H groups in total. The van der Waals surface area contributed by atoms with E-state index in [1.165, 1.54) is 42.8 Å². The first-order chi connectivity index (χ1) is 10.8. The Balaban J connectivity index is 1.82. The Labute approximate surface area is 140 Å². The van der Waals surface area contributed by atoms with Crippen LogP contribution in [0.3, 0.4) is 0 Å². The van der Waals surface area contributed by atoms with E-state index in [0.29, 0.717) is 10.4 Å². The zero-order valence-corrected chi connectivity index (χ0v) is 14.2. The lowest BCUT2D eigenvalue weighted by Gasteiger charge is -2.29. The van der Waals surface area contributed by atoms with Gasteiger partial charge in [0, 0.05) is 24.1 Å². The van der Waals surface area contributed by atoms with E-state index in [9.17, 15) is 0 Å². The van der Waals surface area contributed by atoms with Gasteiger partial charge < -0.3 is 4.74 Å². The topological polar surface area (TPSA) is 38.2 Å². The van der Waals surface area contributed by atoms with Gasteiger partial charge in [-0.05, 0) is 37.1 Å². The number of rotatable bonds is 4. The van der Waals surface area contributed by atoms with Crippen LogP contribution in [-0.2, 0) is 6.54 Å². The van der Waals surface area contributed by atoms with Crippen LogP contribution in [0.25, 0.3) is 0 Å². The average Bonchev–Trinajstić information content (AvgIpc) is 2.82. The minimum Gasteiger partial charge on any atom is -0.497 e. The maximum absolute atomic E-state index is 6.18. The van der Waals surface area contributed by atoms with Crippen LogP contribution in [-0.4, -0.2) is 28.1 Å². The van der Waals surface area contributed by atoms with Crippen molar-refractivity contribution in [1.82, 2.24) is 14.5 Å². The summed E-state index contributed by atoms with van der Waals surface area (Å²) in [5.74, 6) is 0.899. The summed E-state index contributed by atoms with van der Waals surface area (Å²) in [5.41, 5.74) is 2.23. The molecule has 118 valence electrons. The Morgan fingerprint density at radius 2 is 2.09 bits per heavy atom. The van der Waals surface area contributed by atoms with Gasteiger partial charge in [0.2, 0.25) is 0 Å². The standard InChI is InChI=1S/C16H20ClN3OS/c1-21-13-8-6-12(7-9-13)15-5-3-2-4-10-20(15)11-14-16(17)22-19-18-14/h6-9,15H,2-5,10-11H2,1H3. The third kappa shape index (κ3) is 3.59. The van der Waals surface area contributed by atoms with Crippen LogP contribution in [0.5, 0.6) is 5.75 Å². The molecule has 0 bridgehead atoms. The fourth-order valence-electron chi connectivity index (χ4n) is 3.04. The number of methoxy groups -OCH3 is 1. The molecular weight excluding hydrogens is 318 g/mol. The van der Waals surface area contributed by atoms with Gasteiger partial charge in [0.05, 0.1) is 7.11 Å². The van der Waals surface area contributed by atoms with E-state index in [1.807, 2.05) is 12.1 Å². The van der Waals surface area contributed by atoms with Crippen LogP contribution in [0.2, 0.25) is 4.34 Å². The smallest absolute Gasteiger partial charge is 0.138 e. The molecule has 2 heterocycles. The average molecular weight is 338 g/mol. The number of aromatic nitrogens is 2. The molecule has 1 aromatic heterocycles. The van der Waals surface area contributed by atoms with Gasteiger partial charge in [0.25, 0.3) is 0 Å². The van der Waals surface area contributed by atoms with E-state index in [4.69, 9.17) is 16.3 Å². The van der Waals surface area contributed by atoms with Crippen LogP contribution < -0.4 is 4.74 Å². The van der Waals surface area contributed by atoms with Gasteiger partial charge in [0.1, 0.15) is 15.8 Å². The predicted octanol–water partition coefficient (Wildman–Crippen LogP) is 4.32. The van der Waals surface area contributed by atoms with E-state index in [2.05, 4.69) is 26.6 Å². The number of benzene rings is 1. The molecule has 1 atom stereocenters. The third-order valence-corrected chi connectivity index (χ3v) is 5.21. The van der Waals surface area contributed by atoms with Crippen LogP contribution in [0, 0.1) is 0 Å². The van der Waals surface area contributed by atoms with Gasteiger partial charge in [-0.15, -0.1) is 5.10 Å². The molecule has 1 unspecified atom stereocenters. The van der Waals surface area contributed by atoms with Crippen LogP contribution >= 0.6 is 23.1 Å². The van der Waals surface area contributed by atoms with Gasteiger partial charge in [-0.3, -0.25) is 4.90 Å². The van der Waals surface area contributed by atoms with Crippen molar-refractivity contribution in [2.45, 2.75) is 38.3 Å². The van der Waals surface area contributed by atoms with Crippen molar-refractivity contribution in [2.24, 2.45) is 0 Å². The lowest BCUT2D eigenvalue weighted by Crippen LogP contribution is -2.28. The number of likely N-dealkylation sites (tertiary alicyclic amines) is 1. The summed E-state index contributed by atoms with van der Waals surface area (Å²) >= 11 is 7.44. The molecule has 0 radical (unpaired) electrons. The Bertz CT molecular complexity index is 602. The normalized spacial score (nSPS) is 19.8. The molecule has 1 aromatic carbocycles. The summed E-state index contributed by atoms with van der Waals surface area (Å²) < 4.78 is 9.91. The van der Waals surface area contributed by atoms with Gasteiger partial charge in [-0.2, -0.15) is 0 Å². The first-order valence-corrected chi connectivity index (χ1v) is 8.78. The van der Waals surface area contributed by atoms with Crippen molar-refractivity contribution in [1.29, 1.82) is 0 Å². The lowest BCUT2D eigenvalue weighted by molar-refractivity contribution is 0.190. The summed E-state index contributed by atoms with van der Waals surface area (Å²) in [5, 5.41) is 4.17. The first-order valence-electron chi connectivity index (χ1n) is 7.62. The Hall–Kier alpha value is -1.17. The van der Waals surface area contributed by atoms with E-state index >= 15 is 0 Å². The second kappa shape index (κ2) is 7.40. The number of hydrogen-bond donors (Lipinski definition) is 0. The molecule has 0 saturated carbocycles. The molecule has 0 amide bonds. The molecule has 1 aliphatic rings. The summed E-state index contributed by atoms with van der Waals surface area (Å²) in [6, 6.07) is 8.82. The van der Waals surface area contributed by atoms with Gasteiger partial charge in [-0.25, -0.2) is 0 Å². The fraction of sp³-hybridized carbons (Fsp3) is 0.500. The highest BCUT2D eigenvalue weighted by atomic mass is 35.5. The van der Waals surface area contributed by atoms with E-state index in [-0.39, 0.29) is 0 Å². The molecule has 3 rings (SSSR count). The number of halogens is 1. The van der Waals surface area contributed by atoms with Gasteiger partial charge in [-0.1, -0.05) is 41.1 Å². The summed E-state index contributed by atoms with van der Waals surface area (Å²) in [6.07, 6.45) is 4.94. The highest BCUT2D eigenvalue weighted by Crippen LogP contribution is 2.33. The second-order valence-electron chi connectivity index (χ2n) is 5.60. The third-order valence-electron chi connectivity index (χ3n) is 4.23. The Kier molecular flexibility index (Phi) is 5.28.